The van der Waals surface area contributed by atoms with E-state index in [4.69, 9.17) is 21.1 Å². The lowest BCUT2D eigenvalue weighted by Crippen LogP contribution is -2.27. The standard InChI is InChI=1S/C17H14ClNO4/c1-10(20)13-7-15-16(23-9-22-15)8-14(13)19(2)17(21)11-3-5-12(18)6-4-11/h3-8H,9H2,1-2H3. The molecule has 0 radical (unpaired) electrons. The highest BCUT2D eigenvalue weighted by Gasteiger charge is 2.24. The summed E-state index contributed by atoms with van der Waals surface area (Å²) in [6.45, 7) is 1.55. The second-order valence-electron chi connectivity index (χ2n) is 5.15. The Morgan fingerprint density at radius 1 is 1.09 bits per heavy atom. The van der Waals surface area contributed by atoms with Gasteiger partial charge in [0.1, 0.15) is 0 Å². The molecule has 0 saturated carbocycles. The first-order valence-electron chi connectivity index (χ1n) is 6.95. The molecule has 118 valence electrons. The molecule has 3 rings (SSSR count). The summed E-state index contributed by atoms with van der Waals surface area (Å²) >= 11 is 5.84. The second-order valence-corrected chi connectivity index (χ2v) is 5.59. The molecule has 0 saturated heterocycles. The van der Waals surface area contributed by atoms with Crippen LogP contribution in [0.2, 0.25) is 5.02 Å². The molecule has 0 fully saturated rings. The summed E-state index contributed by atoms with van der Waals surface area (Å²) in [5, 5.41) is 0.553. The van der Waals surface area contributed by atoms with Crippen LogP contribution in [0.3, 0.4) is 0 Å². The molecule has 5 nitrogen and oxygen atoms in total. The molecule has 1 amide bonds. The van der Waals surface area contributed by atoms with E-state index >= 15 is 0 Å². The van der Waals surface area contributed by atoms with Gasteiger partial charge in [0.25, 0.3) is 5.91 Å². The van der Waals surface area contributed by atoms with Crippen LogP contribution < -0.4 is 14.4 Å². The molecule has 0 N–H and O–H groups in total. The second kappa shape index (κ2) is 5.93. The van der Waals surface area contributed by atoms with Crippen LogP contribution in [0.5, 0.6) is 11.5 Å². The van der Waals surface area contributed by atoms with E-state index in [1.54, 1.807) is 43.4 Å². The Labute approximate surface area is 138 Å². The van der Waals surface area contributed by atoms with Crippen molar-refractivity contribution in [3.8, 4) is 11.5 Å². The average Bonchev–Trinajstić information content (AvgIpc) is 3.00. The molecular weight excluding hydrogens is 318 g/mol. The van der Waals surface area contributed by atoms with Crippen molar-refractivity contribution in [2.24, 2.45) is 0 Å². The third-order valence-corrected chi connectivity index (χ3v) is 3.88. The summed E-state index contributed by atoms with van der Waals surface area (Å²) in [7, 11) is 1.61. The predicted molar refractivity (Wildman–Crippen MR) is 86.8 cm³/mol. The molecule has 0 aromatic heterocycles. The molecule has 2 aromatic rings. The molecule has 0 unspecified atom stereocenters. The molecule has 0 spiro atoms. The lowest BCUT2D eigenvalue weighted by Gasteiger charge is -2.20. The van der Waals surface area contributed by atoms with Gasteiger partial charge in [-0.25, -0.2) is 0 Å². The summed E-state index contributed by atoms with van der Waals surface area (Å²) in [6.07, 6.45) is 0. The first-order valence-corrected chi connectivity index (χ1v) is 7.33. The summed E-state index contributed by atoms with van der Waals surface area (Å²) in [5.41, 5.74) is 1.35. The molecule has 2 aromatic carbocycles. The topological polar surface area (TPSA) is 55.8 Å². The number of halogens is 1. The number of ether oxygens (including phenoxy) is 2. The van der Waals surface area contributed by atoms with E-state index in [1.807, 2.05) is 0 Å². The van der Waals surface area contributed by atoms with Gasteiger partial charge in [-0.2, -0.15) is 0 Å². The fourth-order valence-electron chi connectivity index (χ4n) is 2.39. The van der Waals surface area contributed by atoms with Gasteiger partial charge in [0, 0.05) is 29.3 Å². The van der Waals surface area contributed by atoms with E-state index in [9.17, 15) is 9.59 Å². The van der Waals surface area contributed by atoms with E-state index in [0.29, 0.717) is 33.3 Å². The molecule has 0 atom stereocenters. The van der Waals surface area contributed by atoms with E-state index < -0.39 is 0 Å². The Balaban J connectivity index is 2.01. The quantitative estimate of drug-likeness (QED) is 0.807. The number of anilines is 1. The maximum Gasteiger partial charge on any atom is 0.258 e. The highest BCUT2D eigenvalue weighted by atomic mass is 35.5. The van der Waals surface area contributed by atoms with Crippen LogP contribution in [0.15, 0.2) is 36.4 Å². The first-order chi connectivity index (χ1) is 11.0. The third-order valence-electron chi connectivity index (χ3n) is 3.63. The Hall–Kier alpha value is -2.53. The number of benzene rings is 2. The number of nitrogens with zero attached hydrogens (tertiary/aromatic N) is 1. The molecule has 1 aliphatic heterocycles. The van der Waals surface area contributed by atoms with Gasteiger partial charge in [-0.05, 0) is 37.3 Å². The van der Waals surface area contributed by atoms with E-state index in [0.717, 1.165) is 0 Å². The highest BCUT2D eigenvalue weighted by molar-refractivity contribution is 6.30. The first kappa shape index (κ1) is 15.4. The number of ketones is 1. The van der Waals surface area contributed by atoms with Gasteiger partial charge in [0.2, 0.25) is 6.79 Å². The van der Waals surface area contributed by atoms with Crippen molar-refractivity contribution in [1.29, 1.82) is 0 Å². The fourth-order valence-corrected chi connectivity index (χ4v) is 2.51. The minimum Gasteiger partial charge on any atom is -0.454 e. The number of carbonyl (C=O) groups excluding carboxylic acids is 2. The van der Waals surface area contributed by atoms with Crippen LogP contribution >= 0.6 is 11.6 Å². The lowest BCUT2D eigenvalue weighted by molar-refractivity contribution is 0.0993. The minimum atomic E-state index is -0.247. The molecule has 0 bridgehead atoms. The van der Waals surface area contributed by atoms with Gasteiger partial charge in [-0.15, -0.1) is 0 Å². The minimum absolute atomic E-state index is 0.102. The Morgan fingerprint density at radius 2 is 1.70 bits per heavy atom. The summed E-state index contributed by atoms with van der Waals surface area (Å²) < 4.78 is 10.6. The van der Waals surface area contributed by atoms with Crippen molar-refractivity contribution >= 4 is 29.0 Å². The van der Waals surface area contributed by atoms with E-state index in [1.165, 1.54) is 11.8 Å². The molecule has 1 aliphatic rings. The van der Waals surface area contributed by atoms with Gasteiger partial charge in [-0.1, -0.05) is 11.6 Å². The predicted octanol–water partition coefficient (Wildman–Crippen LogP) is 3.55. The maximum absolute atomic E-state index is 12.6. The molecule has 23 heavy (non-hydrogen) atoms. The average molecular weight is 332 g/mol. The lowest BCUT2D eigenvalue weighted by atomic mass is 10.1. The van der Waals surface area contributed by atoms with Gasteiger partial charge < -0.3 is 14.4 Å². The van der Waals surface area contributed by atoms with Gasteiger partial charge in [0.05, 0.1) is 5.69 Å². The Morgan fingerprint density at radius 3 is 2.30 bits per heavy atom. The third kappa shape index (κ3) is 2.87. The smallest absolute Gasteiger partial charge is 0.258 e. The van der Waals surface area contributed by atoms with Crippen molar-refractivity contribution < 1.29 is 19.1 Å². The largest absolute Gasteiger partial charge is 0.454 e. The van der Waals surface area contributed by atoms with Crippen LogP contribution in [0.25, 0.3) is 0 Å². The Bertz CT molecular complexity index is 786. The fraction of sp³-hybridized carbons (Fsp3) is 0.176. The van der Waals surface area contributed by atoms with Crippen molar-refractivity contribution in [3.05, 3.63) is 52.5 Å². The number of hydrogen-bond acceptors (Lipinski definition) is 4. The molecular formula is C17H14ClNO4. The molecule has 1 heterocycles. The SMILES string of the molecule is CC(=O)c1cc2c(cc1N(C)C(=O)c1ccc(Cl)cc1)OCO2. The number of carbonyl (C=O) groups is 2. The summed E-state index contributed by atoms with van der Waals surface area (Å²) in [6, 6.07) is 9.82. The summed E-state index contributed by atoms with van der Waals surface area (Å²) in [5.74, 6) is 0.615. The van der Waals surface area contributed by atoms with Gasteiger partial charge in [-0.3, -0.25) is 9.59 Å². The molecule has 0 aliphatic carbocycles. The van der Waals surface area contributed by atoms with Crippen LogP contribution in [0, 0.1) is 0 Å². The van der Waals surface area contributed by atoms with Gasteiger partial charge >= 0.3 is 0 Å². The van der Waals surface area contributed by atoms with Crippen LogP contribution in [-0.2, 0) is 0 Å². The maximum atomic E-state index is 12.6. The number of amides is 1. The zero-order valence-corrected chi connectivity index (χ0v) is 13.4. The zero-order chi connectivity index (χ0) is 16.6. The number of Topliss-reactive ketones (excluding diaryl/α,β-unsaturated/α-hetero) is 1. The number of hydrogen-bond donors (Lipinski definition) is 0. The monoisotopic (exact) mass is 331 g/mol. The van der Waals surface area contributed by atoms with Crippen LogP contribution in [0.4, 0.5) is 5.69 Å². The van der Waals surface area contributed by atoms with E-state index in [2.05, 4.69) is 0 Å². The van der Waals surface area contributed by atoms with Gasteiger partial charge in [0.15, 0.2) is 17.3 Å². The van der Waals surface area contributed by atoms with Crippen molar-refractivity contribution in [3.63, 3.8) is 0 Å². The zero-order valence-electron chi connectivity index (χ0n) is 12.6. The van der Waals surface area contributed by atoms with Crippen molar-refractivity contribution in [1.82, 2.24) is 0 Å². The summed E-state index contributed by atoms with van der Waals surface area (Å²) in [4.78, 5) is 26.0. The highest BCUT2D eigenvalue weighted by Crippen LogP contribution is 2.38. The van der Waals surface area contributed by atoms with Crippen LogP contribution in [-0.4, -0.2) is 25.5 Å². The molecule has 6 heteroatoms. The normalized spacial score (nSPS) is 12.1. The van der Waals surface area contributed by atoms with Crippen molar-refractivity contribution in [2.45, 2.75) is 6.92 Å². The van der Waals surface area contributed by atoms with Crippen molar-refractivity contribution in [2.75, 3.05) is 18.7 Å². The van der Waals surface area contributed by atoms with E-state index in [-0.39, 0.29) is 18.5 Å². The van der Waals surface area contributed by atoms with Crippen LogP contribution in [0.1, 0.15) is 27.6 Å². The number of rotatable bonds is 3. The number of fused-ring (bicyclic) bond motifs is 1. The Kier molecular flexibility index (Phi) is 3.96.